The average Bonchev–Trinajstić information content (AvgIpc) is 2.62. The number of carbonyl (C=O) groups is 2. The van der Waals surface area contributed by atoms with Crippen molar-refractivity contribution in [3.8, 4) is 5.69 Å². The molecule has 0 radical (unpaired) electrons. The Labute approximate surface area is 155 Å². The molecule has 8 heteroatoms. The van der Waals surface area contributed by atoms with Gasteiger partial charge in [0, 0.05) is 44.6 Å². The number of aryl methyl sites for hydroxylation is 1. The summed E-state index contributed by atoms with van der Waals surface area (Å²) in [4.78, 5) is 37.6. The number of carbonyl (C=O) groups excluding carboxylic acids is 2. The molecule has 27 heavy (non-hydrogen) atoms. The van der Waals surface area contributed by atoms with E-state index in [4.69, 9.17) is 4.74 Å². The SMILES string of the molecule is CC(=O)OC1CCN(C(=O)c2nn(-c3ccccc3F)c(C)cc2=O)CC1. The van der Waals surface area contributed by atoms with Gasteiger partial charge in [0.15, 0.2) is 5.69 Å². The molecular formula is C19H20FN3O4. The normalized spacial score (nSPS) is 14.9. The summed E-state index contributed by atoms with van der Waals surface area (Å²) in [5.41, 5.74) is -0.171. The first kappa shape index (κ1) is 18.8. The Balaban J connectivity index is 1.86. The van der Waals surface area contributed by atoms with Crippen molar-refractivity contribution in [3.63, 3.8) is 0 Å². The minimum Gasteiger partial charge on any atom is -0.462 e. The Hall–Kier alpha value is -3.03. The number of rotatable bonds is 3. The average molecular weight is 373 g/mol. The van der Waals surface area contributed by atoms with Gasteiger partial charge in [0.25, 0.3) is 5.91 Å². The van der Waals surface area contributed by atoms with Crippen LogP contribution in [-0.2, 0) is 9.53 Å². The maximum Gasteiger partial charge on any atom is 0.302 e. The van der Waals surface area contributed by atoms with Gasteiger partial charge in [-0.3, -0.25) is 14.4 Å². The fraction of sp³-hybridized carbons (Fsp3) is 0.368. The molecule has 2 aromatic rings. The Morgan fingerprint density at radius 1 is 1.22 bits per heavy atom. The monoisotopic (exact) mass is 373 g/mol. The van der Waals surface area contributed by atoms with E-state index in [0.29, 0.717) is 31.6 Å². The molecule has 7 nitrogen and oxygen atoms in total. The lowest BCUT2D eigenvalue weighted by Gasteiger charge is -2.31. The summed E-state index contributed by atoms with van der Waals surface area (Å²) in [7, 11) is 0. The molecule has 1 aliphatic rings. The lowest BCUT2D eigenvalue weighted by atomic mass is 10.1. The number of halogens is 1. The van der Waals surface area contributed by atoms with Crippen molar-refractivity contribution in [2.24, 2.45) is 0 Å². The van der Waals surface area contributed by atoms with Crippen LogP contribution in [0.25, 0.3) is 5.69 Å². The van der Waals surface area contributed by atoms with Crippen molar-refractivity contribution in [3.05, 3.63) is 57.8 Å². The molecule has 3 rings (SSSR count). The quantitative estimate of drug-likeness (QED) is 0.767. The summed E-state index contributed by atoms with van der Waals surface area (Å²) in [6.45, 7) is 3.68. The Morgan fingerprint density at radius 2 is 1.89 bits per heavy atom. The van der Waals surface area contributed by atoms with Crippen LogP contribution in [0.4, 0.5) is 4.39 Å². The van der Waals surface area contributed by atoms with Gasteiger partial charge in [-0.1, -0.05) is 12.1 Å². The number of piperidine rings is 1. The van der Waals surface area contributed by atoms with Gasteiger partial charge in [0.05, 0.1) is 0 Å². The third-order valence-electron chi connectivity index (χ3n) is 4.45. The van der Waals surface area contributed by atoms with Crippen LogP contribution in [0.15, 0.2) is 35.1 Å². The molecule has 2 heterocycles. The topological polar surface area (TPSA) is 81.5 Å². The minimum absolute atomic E-state index is 0.164. The van der Waals surface area contributed by atoms with E-state index >= 15 is 0 Å². The van der Waals surface area contributed by atoms with Crippen LogP contribution < -0.4 is 5.43 Å². The molecule has 142 valence electrons. The van der Waals surface area contributed by atoms with Crippen LogP contribution in [0.5, 0.6) is 0 Å². The zero-order valence-electron chi connectivity index (χ0n) is 15.1. The van der Waals surface area contributed by atoms with Crippen molar-refractivity contribution >= 4 is 11.9 Å². The van der Waals surface area contributed by atoms with Crippen molar-refractivity contribution in [2.75, 3.05) is 13.1 Å². The number of likely N-dealkylation sites (tertiary alicyclic amines) is 1. The Bertz CT molecular complexity index is 933. The first-order chi connectivity index (χ1) is 12.9. The number of esters is 1. The third-order valence-corrected chi connectivity index (χ3v) is 4.45. The van der Waals surface area contributed by atoms with Gasteiger partial charge in [-0.05, 0) is 19.1 Å². The smallest absolute Gasteiger partial charge is 0.302 e. The molecule has 1 fully saturated rings. The molecule has 1 saturated heterocycles. The van der Waals surface area contributed by atoms with Gasteiger partial charge in [0.1, 0.15) is 17.6 Å². The van der Waals surface area contributed by atoms with Crippen LogP contribution in [-0.4, -0.2) is 45.8 Å². The van der Waals surface area contributed by atoms with E-state index in [2.05, 4.69) is 5.10 Å². The Kier molecular flexibility index (Phi) is 5.34. The van der Waals surface area contributed by atoms with Gasteiger partial charge in [-0.25, -0.2) is 9.07 Å². The number of ether oxygens (including phenoxy) is 1. The minimum atomic E-state index is -0.508. The summed E-state index contributed by atoms with van der Waals surface area (Å²) < 4.78 is 20.5. The molecule has 0 atom stereocenters. The third kappa shape index (κ3) is 4.05. The number of hydrogen-bond donors (Lipinski definition) is 0. The number of amides is 1. The van der Waals surface area contributed by atoms with Crippen molar-refractivity contribution < 1.29 is 18.7 Å². The summed E-state index contributed by atoms with van der Waals surface area (Å²) in [5, 5.41) is 4.13. The number of nitrogens with zero attached hydrogens (tertiary/aromatic N) is 3. The van der Waals surface area contributed by atoms with Gasteiger partial charge < -0.3 is 9.64 Å². The molecule has 0 N–H and O–H groups in total. The predicted octanol–water partition coefficient (Wildman–Crippen LogP) is 1.85. The second-order valence-corrected chi connectivity index (χ2v) is 6.46. The molecule has 0 bridgehead atoms. The van der Waals surface area contributed by atoms with E-state index in [1.807, 2.05) is 0 Å². The summed E-state index contributed by atoms with van der Waals surface area (Å²) in [5.74, 6) is -1.36. The number of benzene rings is 1. The van der Waals surface area contributed by atoms with Crippen molar-refractivity contribution in [2.45, 2.75) is 32.8 Å². The fourth-order valence-electron chi connectivity index (χ4n) is 3.12. The molecule has 0 aliphatic carbocycles. The fourth-order valence-corrected chi connectivity index (χ4v) is 3.12. The first-order valence-electron chi connectivity index (χ1n) is 8.69. The van der Waals surface area contributed by atoms with E-state index in [-0.39, 0.29) is 23.5 Å². The molecular weight excluding hydrogens is 353 g/mol. The maximum absolute atomic E-state index is 14.1. The van der Waals surface area contributed by atoms with E-state index in [0.717, 1.165) is 0 Å². The van der Waals surface area contributed by atoms with Crippen LogP contribution in [0.2, 0.25) is 0 Å². The summed E-state index contributed by atoms with van der Waals surface area (Å²) in [6.07, 6.45) is 0.768. The van der Waals surface area contributed by atoms with Gasteiger partial charge in [0.2, 0.25) is 5.43 Å². The highest BCUT2D eigenvalue weighted by Crippen LogP contribution is 2.17. The molecule has 1 aromatic carbocycles. The largest absolute Gasteiger partial charge is 0.462 e. The summed E-state index contributed by atoms with van der Waals surface area (Å²) >= 11 is 0. The summed E-state index contributed by atoms with van der Waals surface area (Å²) in [6, 6.07) is 7.29. The molecule has 0 spiro atoms. The van der Waals surface area contributed by atoms with E-state index in [1.54, 1.807) is 19.1 Å². The lowest BCUT2D eigenvalue weighted by molar-refractivity contribution is -0.148. The van der Waals surface area contributed by atoms with Gasteiger partial charge in [-0.2, -0.15) is 5.10 Å². The standard InChI is InChI=1S/C19H20FN3O4/c1-12-11-17(25)18(21-23(12)16-6-4-3-5-15(16)20)19(26)22-9-7-14(8-10-22)27-13(2)24/h3-6,11,14H,7-10H2,1-2H3. The molecule has 0 saturated carbocycles. The highest BCUT2D eigenvalue weighted by atomic mass is 19.1. The highest BCUT2D eigenvalue weighted by molar-refractivity contribution is 5.92. The van der Waals surface area contributed by atoms with Crippen LogP contribution in [0.1, 0.15) is 35.9 Å². The molecule has 1 aliphatic heterocycles. The highest BCUT2D eigenvalue weighted by Gasteiger charge is 2.28. The number of para-hydroxylation sites is 1. The second-order valence-electron chi connectivity index (χ2n) is 6.46. The Morgan fingerprint density at radius 3 is 2.52 bits per heavy atom. The molecule has 1 amide bonds. The molecule has 0 unspecified atom stereocenters. The van der Waals surface area contributed by atoms with Crippen LogP contribution in [0, 0.1) is 12.7 Å². The zero-order valence-corrected chi connectivity index (χ0v) is 15.1. The van der Waals surface area contributed by atoms with E-state index in [9.17, 15) is 18.8 Å². The predicted molar refractivity (Wildman–Crippen MR) is 95.2 cm³/mol. The van der Waals surface area contributed by atoms with E-state index in [1.165, 1.54) is 34.7 Å². The molecule has 1 aromatic heterocycles. The second kappa shape index (κ2) is 7.69. The van der Waals surface area contributed by atoms with E-state index < -0.39 is 17.2 Å². The number of hydrogen-bond acceptors (Lipinski definition) is 5. The van der Waals surface area contributed by atoms with Crippen LogP contribution >= 0.6 is 0 Å². The van der Waals surface area contributed by atoms with Gasteiger partial charge >= 0.3 is 5.97 Å². The van der Waals surface area contributed by atoms with Crippen molar-refractivity contribution in [1.29, 1.82) is 0 Å². The van der Waals surface area contributed by atoms with Crippen molar-refractivity contribution in [1.82, 2.24) is 14.7 Å². The maximum atomic E-state index is 14.1. The number of aromatic nitrogens is 2. The van der Waals surface area contributed by atoms with Crippen LogP contribution in [0.3, 0.4) is 0 Å². The lowest BCUT2D eigenvalue weighted by Crippen LogP contribution is -2.43. The first-order valence-corrected chi connectivity index (χ1v) is 8.69. The zero-order chi connectivity index (χ0) is 19.6. The van der Waals surface area contributed by atoms with Gasteiger partial charge in [-0.15, -0.1) is 0 Å².